The van der Waals surface area contributed by atoms with Gasteiger partial charge in [0.2, 0.25) is 0 Å². The van der Waals surface area contributed by atoms with Crippen molar-refractivity contribution in [2.75, 3.05) is 18.8 Å². The first-order valence-electron chi connectivity index (χ1n) is 11.4. The summed E-state index contributed by atoms with van der Waals surface area (Å²) in [6, 6.07) is 11.0. The number of nitrogens with two attached hydrogens (primary N) is 1. The van der Waals surface area contributed by atoms with Gasteiger partial charge in [-0.15, -0.1) is 0 Å². The molecule has 1 aromatic heterocycles. The summed E-state index contributed by atoms with van der Waals surface area (Å²) in [5.74, 6) is -1.23. The molecule has 0 saturated carbocycles. The molecule has 5 N–H and O–H groups in total. The third-order valence-electron chi connectivity index (χ3n) is 5.77. The van der Waals surface area contributed by atoms with E-state index < -0.39 is 5.82 Å². The predicted octanol–water partition coefficient (Wildman–Crippen LogP) is 3.32. The SMILES string of the molecule is Nc1ncc(-c2cccc(C(=O)NCc3ccc(Cl)cc3F)c2)nc1C(=O)NC1CCCCNC1. The number of nitrogens with one attached hydrogen (secondary N) is 3. The molecule has 4 rings (SSSR count). The highest BCUT2D eigenvalue weighted by Gasteiger charge is 2.20. The number of carbonyl (C=O) groups excluding carboxylic acids is 2. The highest BCUT2D eigenvalue weighted by Crippen LogP contribution is 2.21. The molecule has 2 aromatic carbocycles. The van der Waals surface area contributed by atoms with E-state index in [9.17, 15) is 14.0 Å². The van der Waals surface area contributed by atoms with Gasteiger partial charge in [-0.3, -0.25) is 9.59 Å². The third kappa shape index (κ3) is 6.32. The van der Waals surface area contributed by atoms with Gasteiger partial charge < -0.3 is 21.7 Å². The summed E-state index contributed by atoms with van der Waals surface area (Å²) in [7, 11) is 0. The Kier molecular flexibility index (Phi) is 7.89. The minimum absolute atomic E-state index is 0.00708. The Hall–Kier alpha value is -3.56. The lowest BCUT2D eigenvalue weighted by molar-refractivity contribution is 0.0928. The summed E-state index contributed by atoms with van der Waals surface area (Å²) in [6.07, 6.45) is 4.43. The zero-order valence-electron chi connectivity index (χ0n) is 19.0. The number of carbonyl (C=O) groups is 2. The van der Waals surface area contributed by atoms with Crippen molar-refractivity contribution in [3.8, 4) is 11.3 Å². The van der Waals surface area contributed by atoms with Gasteiger partial charge in [-0.05, 0) is 43.7 Å². The molecule has 0 aliphatic carbocycles. The molecule has 0 spiro atoms. The summed E-state index contributed by atoms with van der Waals surface area (Å²) in [6.45, 7) is 1.63. The summed E-state index contributed by atoms with van der Waals surface area (Å²) in [5.41, 5.74) is 7.66. The van der Waals surface area contributed by atoms with Crippen molar-refractivity contribution in [3.05, 3.63) is 76.3 Å². The Morgan fingerprint density at radius 3 is 2.86 bits per heavy atom. The van der Waals surface area contributed by atoms with E-state index in [0.717, 1.165) is 25.8 Å². The Labute approximate surface area is 207 Å². The van der Waals surface area contributed by atoms with Gasteiger partial charge in [-0.1, -0.05) is 36.2 Å². The molecule has 1 atom stereocenters. The topological polar surface area (TPSA) is 122 Å². The van der Waals surface area contributed by atoms with Crippen molar-refractivity contribution in [1.82, 2.24) is 25.9 Å². The summed E-state index contributed by atoms with van der Waals surface area (Å²) < 4.78 is 14.0. The summed E-state index contributed by atoms with van der Waals surface area (Å²) >= 11 is 5.77. The number of nitrogen functional groups attached to an aromatic ring is 1. The van der Waals surface area contributed by atoms with Crippen molar-refractivity contribution in [1.29, 1.82) is 0 Å². The highest BCUT2D eigenvalue weighted by molar-refractivity contribution is 6.30. The molecule has 182 valence electrons. The van der Waals surface area contributed by atoms with Gasteiger partial charge in [0.1, 0.15) is 5.82 Å². The fourth-order valence-electron chi connectivity index (χ4n) is 3.86. The molecule has 2 heterocycles. The van der Waals surface area contributed by atoms with E-state index in [1.165, 1.54) is 18.3 Å². The third-order valence-corrected chi connectivity index (χ3v) is 6.01. The Morgan fingerprint density at radius 1 is 1.17 bits per heavy atom. The number of nitrogens with zero attached hydrogens (tertiary/aromatic N) is 2. The number of amides is 2. The van der Waals surface area contributed by atoms with Crippen LogP contribution in [0.2, 0.25) is 5.02 Å². The maximum Gasteiger partial charge on any atom is 0.274 e. The van der Waals surface area contributed by atoms with Crippen molar-refractivity contribution in [2.24, 2.45) is 0 Å². The van der Waals surface area contributed by atoms with Crippen LogP contribution in [0.25, 0.3) is 11.3 Å². The first-order valence-corrected chi connectivity index (χ1v) is 11.7. The minimum atomic E-state index is -0.492. The van der Waals surface area contributed by atoms with Crippen LogP contribution in [-0.4, -0.2) is 40.9 Å². The molecule has 10 heteroatoms. The second kappa shape index (κ2) is 11.2. The molecule has 1 aliphatic heterocycles. The Morgan fingerprint density at radius 2 is 2.03 bits per heavy atom. The summed E-state index contributed by atoms with van der Waals surface area (Å²) in [4.78, 5) is 34.1. The van der Waals surface area contributed by atoms with E-state index in [0.29, 0.717) is 28.9 Å². The van der Waals surface area contributed by atoms with Crippen LogP contribution in [0.5, 0.6) is 0 Å². The first kappa shape index (κ1) is 24.6. The lowest BCUT2D eigenvalue weighted by Gasteiger charge is -2.16. The normalized spacial score (nSPS) is 15.8. The van der Waals surface area contributed by atoms with E-state index in [1.807, 2.05) is 0 Å². The molecule has 1 fully saturated rings. The number of aromatic nitrogens is 2. The fraction of sp³-hybridized carbons (Fsp3) is 0.280. The Bertz CT molecular complexity index is 1230. The van der Waals surface area contributed by atoms with Crippen molar-refractivity contribution >= 4 is 29.2 Å². The molecule has 1 saturated heterocycles. The zero-order valence-corrected chi connectivity index (χ0v) is 19.7. The van der Waals surface area contributed by atoms with Crippen molar-refractivity contribution in [2.45, 2.75) is 31.8 Å². The van der Waals surface area contributed by atoms with Crippen LogP contribution in [0.3, 0.4) is 0 Å². The smallest absolute Gasteiger partial charge is 0.274 e. The highest BCUT2D eigenvalue weighted by atomic mass is 35.5. The minimum Gasteiger partial charge on any atom is -0.382 e. The van der Waals surface area contributed by atoms with E-state index in [4.69, 9.17) is 17.3 Å². The van der Waals surface area contributed by atoms with Gasteiger partial charge in [0.05, 0.1) is 11.9 Å². The molecule has 1 aliphatic rings. The summed E-state index contributed by atoms with van der Waals surface area (Å²) in [5, 5.41) is 9.26. The maximum atomic E-state index is 14.0. The van der Waals surface area contributed by atoms with Crippen LogP contribution in [0.15, 0.2) is 48.7 Å². The molecule has 8 nitrogen and oxygen atoms in total. The monoisotopic (exact) mass is 496 g/mol. The van der Waals surface area contributed by atoms with Crippen LogP contribution in [0, 0.1) is 5.82 Å². The van der Waals surface area contributed by atoms with E-state index >= 15 is 0 Å². The fourth-order valence-corrected chi connectivity index (χ4v) is 4.02. The lowest BCUT2D eigenvalue weighted by atomic mass is 10.1. The molecule has 3 aromatic rings. The van der Waals surface area contributed by atoms with E-state index in [2.05, 4.69) is 25.9 Å². The quantitative estimate of drug-likeness (QED) is 0.415. The van der Waals surface area contributed by atoms with Crippen molar-refractivity contribution < 1.29 is 14.0 Å². The van der Waals surface area contributed by atoms with Gasteiger partial charge >= 0.3 is 0 Å². The van der Waals surface area contributed by atoms with Gasteiger partial charge in [-0.25, -0.2) is 14.4 Å². The molecule has 0 radical (unpaired) electrons. The lowest BCUT2D eigenvalue weighted by Crippen LogP contribution is -2.41. The molecule has 35 heavy (non-hydrogen) atoms. The zero-order chi connectivity index (χ0) is 24.8. The average molecular weight is 497 g/mol. The predicted molar refractivity (Wildman–Crippen MR) is 132 cm³/mol. The number of hydrogen-bond acceptors (Lipinski definition) is 6. The van der Waals surface area contributed by atoms with Crippen molar-refractivity contribution in [3.63, 3.8) is 0 Å². The second-order valence-electron chi connectivity index (χ2n) is 8.36. The first-order chi connectivity index (χ1) is 16.9. The number of hydrogen-bond donors (Lipinski definition) is 4. The standard InChI is InChI=1S/C25H26ClFN6O2/c26-18-8-7-17(20(27)11-18)12-31-24(34)16-5-3-4-15(10-16)21-14-30-23(28)22(33-21)25(35)32-19-6-1-2-9-29-13-19/h3-5,7-8,10-11,14,19,29H,1-2,6,9,12-13H2,(H2,28,30)(H,31,34)(H,32,35). The largest absolute Gasteiger partial charge is 0.382 e. The molecule has 2 amide bonds. The van der Waals surface area contributed by atoms with Crippen LogP contribution in [0.4, 0.5) is 10.2 Å². The van der Waals surface area contributed by atoms with Crippen LogP contribution in [0.1, 0.15) is 45.7 Å². The maximum absolute atomic E-state index is 14.0. The van der Waals surface area contributed by atoms with Crippen LogP contribution >= 0.6 is 11.6 Å². The molecule has 1 unspecified atom stereocenters. The molecular formula is C25H26ClFN6O2. The van der Waals surface area contributed by atoms with Gasteiger partial charge in [0.25, 0.3) is 11.8 Å². The van der Waals surface area contributed by atoms with Gasteiger partial charge in [0.15, 0.2) is 11.5 Å². The van der Waals surface area contributed by atoms with E-state index in [-0.39, 0.29) is 40.9 Å². The number of rotatable bonds is 6. The molecule has 0 bridgehead atoms. The number of benzene rings is 2. The van der Waals surface area contributed by atoms with Gasteiger partial charge in [-0.2, -0.15) is 0 Å². The average Bonchev–Trinajstić information content (AvgIpc) is 3.12. The number of anilines is 1. The van der Waals surface area contributed by atoms with Gasteiger partial charge in [0, 0.05) is 40.8 Å². The molecular weight excluding hydrogens is 471 g/mol. The van der Waals surface area contributed by atoms with Crippen LogP contribution in [-0.2, 0) is 6.54 Å². The second-order valence-corrected chi connectivity index (χ2v) is 8.80. The van der Waals surface area contributed by atoms with Crippen LogP contribution < -0.4 is 21.7 Å². The number of halogens is 2. The van der Waals surface area contributed by atoms with E-state index in [1.54, 1.807) is 30.3 Å². The Balaban J connectivity index is 1.48.